The molecule has 2 amide bonds. The average molecular weight is 278 g/mol. The van der Waals surface area contributed by atoms with Crippen LogP contribution in [0.25, 0.3) is 0 Å². The average Bonchev–Trinajstić information content (AvgIpc) is 2.47. The largest absolute Gasteiger partial charge is 0.452 e. The monoisotopic (exact) mass is 278 g/mol. The number of nitrogens with one attached hydrogen (secondary N) is 2. The van der Waals surface area contributed by atoms with Crippen LogP contribution in [-0.2, 0) is 9.47 Å². The van der Waals surface area contributed by atoms with Crippen molar-refractivity contribution in [3.63, 3.8) is 0 Å². The molecule has 0 heterocycles. The number of benzene rings is 1. The van der Waals surface area contributed by atoms with Crippen molar-refractivity contribution in [1.82, 2.24) is 10.9 Å². The standard InChI is InChI=1S/C12H14N4O4/c1-19-11(17)15-13-7-9-4-3-5-10(6-9)8-14-16-12(18)20-2/h3-8H,1-2H3,(H,15,17)(H,16,18)/b13-7-,14-8-. The Hall–Kier alpha value is -2.90. The molecule has 0 saturated heterocycles. The van der Waals surface area contributed by atoms with Gasteiger partial charge in [-0.05, 0) is 17.2 Å². The number of carbonyl (C=O) groups excluding carboxylic acids is 2. The Bertz CT molecular complexity index is 485. The summed E-state index contributed by atoms with van der Waals surface area (Å²) in [6.07, 6.45) is 1.59. The number of hydrazone groups is 2. The highest BCUT2D eigenvalue weighted by molar-refractivity contribution is 5.86. The smallest absolute Gasteiger partial charge is 0.427 e. The second-order valence-corrected chi connectivity index (χ2v) is 3.39. The van der Waals surface area contributed by atoms with Gasteiger partial charge in [0.2, 0.25) is 0 Å². The van der Waals surface area contributed by atoms with Crippen molar-refractivity contribution >= 4 is 24.6 Å². The molecule has 0 fully saturated rings. The van der Waals surface area contributed by atoms with Crippen molar-refractivity contribution in [3.05, 3.63) is 35.4 Å². The molecule has 8 heteroatoms. The molecule has 0 atom stereocenters. The van der Waals surface area contributed by atoms with Crippen LogP contribution in [0.3, 0.4) is 0 Å². The summed E-state index contributed by atoms with van der Waals surface area (Å²) in [4.78, 5) is 21.6. The van der Waals surface area contributed by atoms with E-state index in [4.69, 9.17) is 0 Å². The van der Waals surface area contributed by atoms with Gasteiger partial charge < -0.3 is 9.47 Å². The zero-order valence-corrected chi connectivity index (χ0v) is 11.0. The molecule has 0 saturated carbocycles. The lowest BCUT2D eigenvalue weighted by molar-refractivity contribution is 0.170. The number of hydrogen-bond donors (Lipinski definition) is 2. The molecule has 8 nitrogen and oxygen atoms in total. The third-order valence-corrected chi connectivity index (χ3v) is 2.02. The normalized spacial score (nSPS) is 10.5. The lowest BCUT2D eigenvalue weighted by Crippen LogP contribution is -2.17. The molecule has 0 radical (unpaired) electrons. The predicted octanol–water partition coefficient (Wildman–Crippen LogP) is 1.07. The van der Waals surface area contributed by atoms with Crippen LogP contribution in [0.2, 0.25) is 0 Å². The van der Waals surface area contributed by atoms with Crippen molar-refractivity contribution in [3.8, 4) is 0 Å². The first-order valence-corrected chi connectivity index (χ1v) is 5.50. The number of hydrogen-bond acceptors (Lipinski definition) is 6. The molecule has 0 spiro atoms. The van der Waals surface area contributed by atoms with Crippen LogP contribution in [0.15, 0.2) is 34.5 Å². The van der Waals surface area contributed by atoms with E-state index in [1.54, 1.807) is 24.3 Å². The summed E-state index contributed by atoms with van der Waals surface area (Å²) in [7, 11) is 2.49. The van der Waals surface area contributed by atoms with Crippen molar-refractivity contribution in [1.29, 1.82) is 0 Å². The second kappa shape index (κ2) is 8.25. The molecule has 20 heavy (non-hydrogen) atoms. The number of nitrogens with zero attached hydrogens (tertiary/aromatic N) is 2. The fourth-order valence-electron chi connectivity index (χ4n) is 1.13. The quantitative estimate of drug-likeness (QED) is 0.635. The molecule has 1 rings (SSSR count). The molecule has 0 bridgehead atoms. The van der Waals surface area contributed by atoms with Crippen LogP contribution in [0.1, 0.15) is 11.1 Å². The van der Waals surface area contributed by atoms with Crippen LogP contribution in [-0.4, -0.2) is 38.8 Å². The zero-order valence-electron chi connectivity index (χ0n) is 11.0. The molecule has 1 aromatic rings. The molecule has 106 valence electrons. The minimum Gasteiger partial charge on any atom is -0.452 e. The van der Waals surface area contributed by atoms with Crippen molar-refractivity contribution in [2.45, 2.75) is 0 Å². The van der Waals surface area contributed by atoms with Gasteiger partial charge in [0, 0.05) is 0 Å². The Kier molecular flexibility index (Phi) is 6.25. The molecule has 0 aliphatic rings. The van der Waals surface area contributed by atoms with E-state index in [0.29, 0.717) is 0 Å². The fourth-order valence-corrected chi connectivity index (χ4v) is 1.13. The van der Waals surface area contributed by atoms with Gasteiger partial charge in [-0.1, -0.05) is 18.2 Å². The second-order valence-electron chi connectivity index (χ2n) is 3.39. The van der Waals surface area contributed by atoms with Gasteiger partial charge in [0.05, 0.1) is 26.6 Å². The molecule has 0 aromatic heterocycles. The summed E-state index contributed by atoms with van der Waals surface area (Å²) in [6, 6.07) is 7.10. The molecule has 1 aromatic carbocycles. The van der Waals surface area contributed by atoms with Gasteiger partial charge in [-0.3, -0.25) is 0 Å². The third-order valence-electron chi connectivity index (χ3n) is 2.02. The molecule has 2 N–H and O–H groups in total. The summed E-state index contributed by atoms with van der Waals surface area (Å²) in [6.45, 7) is 0. The highest BCUT2D eigenvalue weighted by Crippen LogP contribution is 2.00. The SMILES string of the molecule is COC(=O)N/N=C\c1cccc(/C=N\NC(=O)OC)c1. The number of carbonyl (C=O) groups is 2. The first kappa shape index (κ1) is 15.2. The minimum atomic E-state index is -0.652. The first-order chi connectivity index (χ1) is 9.65. The fraction of sp³-hybridized carbons (Fsp3) is 0.167. The highest BCUT2D eigenvalue weighted by atomic mass is 16.5. The van der Waals surface area contributed by atoms with E-state index in [9.17, 15) is 9.59 Å². The van der Waals surface area contributed by atoms with E-state index in [2.05, 4.69) is 30.5 Å². The van der Waals surface area contributed by atoms with Gasteiger partial charge in [-0.15, -0.1) is 0 Å². The van der Waals surface area contributed by atoms with Crippen molar-refractivity contribution < 1.29 is 19.1 Å². The van der Waals surface area contributed by atoms with Crippen molar-refractivity contribution in [2.24, 2.45) is 10.2 Å². The van der Waals surface area contributed by atoms with Gasteiger partial charge in [-0.25, -0.2) is 20.4 Å². The van der Waals surface area contributed by atoms with E-state index >= 15 is 0 Å². The van der Waals surface area contributed by atoms with E-state index in [0.717, 1.165) is 11.1 Å². The summed E-state index contributed by atoms with van der Waals surface area (Å²) in [5, 5.41) is 7.38. The van der Waals surface area contributed by atoms with Crippen LogP contribution in [0.5, 0.6) is 0 Å². The van der Waals surface area contributed by atoms with Gasteiger partial charge in [0.25, 0.3) is 0 Å². The Morgan fingerprint density at radius 3 is 1.85 bits per heavy atom. The number of ether oxygens (including phenoxy) is 2. The zero-order chi connectivity index (χ0) is 14.8. The van der Waals surface area contributed by atoms with Crippen LogP contribution < -0.4 is 10.9 Å². The first-order valence-electron chi connectivity index (χ1n) is 5.50. The van der Waals surface area contributed by atoms with Crippen LogP contribution >= 0.6 is 0 Å². The van der Waals surface area contributed by atoms with Gasteiger partial charge in [0.15, 0.2) is 0 Å². The summed E-state index contributed by atoms with van der Waals surface area (Å²) >= 11 is 0. The summed E-state index contributed by atoms with van der Waals surface area (Å²) < 4.78 is 8.72. The Morgan fingerprint density at radius 2 is 1.45 bits per heavy atom. The maximum absolute atomic E-state index is 10.8. The van der Waals surface area contributed by atoms with Gasteiger partial charge in [-0.2, -0.15) is 10.2 Å². The maximum Gasteiger partial charge on any atom is 0.427 e. The highest BCUT2D eigenvalue weighted by Gasteiger charge is 1.95. The van der Waals surface area contributed by atoms with Gasteiger partial charge in [0.1, 0.15) is 0 Å². The molecule has 0 aliphatic carbocycles. The molecular weight excluding hydrogens is 264 g/mol. The third kappa shape index (κ3) is 5.63. The molecular formula is C12H14N4O4. The Morgan fingerprint density at radius 1 is 1.00 bits per heavy atom. The van der Waals surface area contributed by atoms with Crippen molar-refractivity contribution in [2.75, 3.05) is 14.2 Å². The van der Waals surface area contributed by atoms with Gasteiger partial charge >= 0.3 is 12.2 Å². The lowest BCUT2D eigenvalue weighted by atomic mass is 10.1. The lowest BCUT2D eigenvalue weighted by Gasteiger charge is -1.98. The topological polar surface area (TPSA) is 101 Å². The maximum atomic E-state index is 10.8. The predicted molar refractivity (Wildman–Crippen MR) is 72.7 cm³/mol. The van der Waals surface area contributed by atoms with E-state index in [1.807, 2.05) is 0 Å². The Balaban J connectivity index is 2.61. The minimum absolute atomic E-state index is 0.652. The number of rotatable bonds is 4. The van der Waals surface area contributed by atoms with E-state index in [-0.39, 0.29) is 0 Å². The molecule has 0 aliphatic heterocycles. The van der Waals surface area contributed by atoms with E-state index < -0.39 is 12.2 Å². The summed E-state index contributed by atoms with van der Waals surface area (Å²) in [5.41, 5.74) is 5.81. The number of methoxy groups -OCH3 is 2. The van der Waals surface area contributed by atoms with Crippen LogP contribution in [0, 0.1) is 0 Å². The van der Waals surface area contributed by atoms with E-state index in [1.165, 1.54) is 26.6 Å². The summed E-state index contributed by atoms with van der Waals surface area (Å²) in [5.74, 6) is 0. The number of amides is 2. The van der Waals surface area contributed by atoms with Crippen LogP contribution in [0.4, 0.5) is 9.59 Å². The Labute approximate surface area is 115 Å². The molecule has 0 unspecified atom stereocenters.